The molecule has 0 bridgehead atoms. The molecule has 22 heavy (non-hydrogen) atoms. The monoisotopic (exact) mass is 304 g/mol. The predicted octanol–water partition coefficient (Wildman–Crippen LogP) is 2.05. The molecule has 120 valence electrons. The van der Waals surface area contributed by atoms with Gasteiger partial charge in [-0.1, -0.05) is 31.0 Å². The Morgan fingerprint density at radius 3 is 2.32 bits per heavy atom. The molecule has 1 aromatic rings. The topological polar surface area (TPSA) is 78.4 Å². The number of hydrogen-bond donors (Lipinski definition) is 3. The van der Waals surface area contributed by atoms with Crippen molar-refractivity contribution in [3.63, 3.8) is 0 Å². The maximum Gasteiger partial charge on any atom is 0.243 e. The Morgan fingerprint density at radius 1 is 1.14 bits per heavy atom. The number of hydrogen-bond acceptors (Lipinski definition) is 3. The van der Waals surface area contributed by atoms with Gasteiger partial charge in [0.25, 0.3) is 0 Å². The highest BCUT2D eigenvalue weighted by Crippen LogP contribution is 2.32. The van der Waals surface area contributed by atoms with Crippen molar-refractivity contribution in [3.05, 3.63) is 29.3 Å². The molecule has 0 radical (unpaired) electrons. The Morgan fingerprint density at radius 2 is 1.73 bits per heavy atom. The van der Waals surface area contributed by atoms with E-state index in [1.807, 2.05) is 32.0 Å². The third kappa shape index (κ3) is 4.31. The molecule has 0 spiro atoms. The molecular formula is C17H24N2O3. The molecular weight excluding hydrogens is 280 g/mol. The number of aryl methyl sites for hydroxylation is 2. The molecule has 1 fully saturated rings. The van der Waals surface area contributed by atoms with Gasteiger partial charge in [-0.15, -0.1) is 0 Å². The molecule has 0 heterocycles. The lowest BCUT2D eigenvalue weighted by Gasteiger charge is -2.21. The Kier molecular flexibility index (Phi) is 5.19. The first-order chi connectivity index (χ1) is 10.4. The Balaban J connectivity index is 1.81. The highest BCUT2D eigenvalue weighted by Gasteiger charge is 2.33. The fraction of sp³-hybridized carbons (Fsp3) is 0.529. The second kappa shape index (κ2) is 6.92. The van der Waals surface area contributed by atoms with E-state index in [1.54, 1.807) is 0 Å². The third-order valence-corrected chi connectivity index (χ3v) is 4.22. The fourth-order valence-electron chi connectivity index (χ4n) is 2.95. The zero-order valence-corrected chi connectivity index (χ0v) is 13.2. The average Bonchev–Trinajstić information content (AvgIpc) is 2.87. The van der Waals surface area contributed by atoms with Crippen molar-refractivity contribution in [1.82, 2.24) is 5.32 Å². The van der Waals surface area contributed by atoms with Gasteiger partial charge in [0, 0.05) is 5.69 Å². The van der Waals surface area contributed by atoms with Crippen LogP contribution in [-0.2, 0) is 9.59 Å². The number of carbonyl (C=O) groups excluding carboxylic acids is 2. The minimum absolute atomic E-state index is 0.0731. The first-order valence-electron chi connectivity index (χ1n) is 7.75. The Bertz CT molecular complexity index is 543. The molecule has 1 aliphatic carbocycles. The van der Waals surface area contributed by atoms with E-state index in [1.165, 1.54) is 0 Å². The van der Waals surface area contributed by atoms with E-state index < -0.39 is 5.60 Å². The quantitative estimate of drug-likeness (QED) is 0.779. The predicted molar refractivity (Wildman–Crippen MR) is 85.6 cm³/mol. The van der Waals surface area contributed by atoms with Crippen LogP contribution in [0.15, 0.2) is 18.2 Å². The number of nitrogens with one attached hydrogen (secondary N) is 2. The van der Waals surface area contributed by atoms with Crippen LogP contribution in [0, 0.1) is 13.8 Å². The van der Waals surface area contributed by atoms with Gasteiger partial charge in [-0.3, -0.25) is 9.59 Å². The highest BCUT2D eigenvalue weighted by atomic mass is 16.3. The number of anilines is 1. The molecule has 0 aromatic heterocycles. The maximum absolute atomic E-state index is 12.0. The van der Waals surface area contributed by atoms with Gasteiger partial charge in [-0.25, -0.2) is 0 Å². The Hall–Kier alpha value is -1.88. The highest BCUT2D eigenvalue weighted by molar-refractivity contribution is 5.95. The normalized spacial score (nSPS) is 16.3. The van der Waals surface area contributed by atoms with E-state index in [4.69, 9.17) is 0 Å². The largest absolute Gasteiger partial charge is 0.389 e. The van der Waals surface area contributed by atoms with Gasteiger partial charge in [0.1, 0.15) is 0 Å². The number of carbonyl (C=O) groups is 2. The van der Waals surface area contributed by atoms with Gasteiger partial charge < -0.3 is 15.7 Å². The summed E-state index contributed by atoms with van der Waals surface area (Å²) in [5.74, 6) is -0.537. The maximum atomic E-state index is 12.0. The smallest absolute Gasteiger partial charge is 0.243 e. The van der Waals surface area contributed by atoms with E-state index in [0.29, 0.717) is 12.8 Å². The standard InChI is InChI=1S/C17H24N2O3/c1-12-6-5-7-13(2)16(12)19-15(21)11-18-14(20)10-17(22)8-3-4-9-17/h5-7,22H,3-4,8-11H2,1-2H3,(H,18,20)(H,19,21). The number of aliphatic hydroxyl groups is 1. The average molecular weight is 304 g/mol. The lowest BCUT2D eigenvalue weighted by molar-refractivity contribution is -0.128. The van der Waals surface area contributed by atoms with Gasteiger partial charge in [-0.05, 0) is 37.8 Å². The van der Waals surface area contributed by atoms with E-state index in [0.717, 1.165) is 29.7 Å². The van der Waals surface area contributed by atoms with Crippen LogP contribution in [0.25, 0.3) is 0 Å². The van der Waals surface area contributed by atoms with Gasteiger partial charge in [0.2, 0.25) is 11.8 Å². The SMILES string of the molecule is Cc1cccc(C)c1NC(=O)CNC(=O)CC1(O)CCCC1. The summed E-state index contributed by atoms with van der Waals surface area (Å²) in [5, 5.41) is 15.6. The fourth-order valence-corrected chi connectivity index (χ4v) is 2.95. The summed E-state index contributed by atoms with van der Waals surface area (Å²) in [6.45, 7) is 3.77. The molecule has 0 aliphatic heterocycles. The number of benzene rings is 1. The number of para-hydroxylation sites is 1. The molecule has 0 unspecified atom stereocenters. The van der Waals surface area contributed by atoms with Crippen LogP contribution >= 0.6 is 0 Å². The molecule has 1 aliphatic rings. The molecule has 5 nitrogen and oxygen atoms in total. The number of amides is 2. The van der Waals surface area contributed by atoms with E-state index in [9.17, 15) is 14.7 Å². The zero-order chi connectivity index (χ0) is 16.2. The second-order valence-electron chi connectivity index (χ2n) is 6.20. The van der Waals surface area contributed by atoms with Crippen LogP contribution in [0.2, 0.25) is 0 Å². The summed E-state index contributed by atoms with van der Waals surface area (Å²) in [6, 6.07) is 5.79. The van der Waals surface area contributed by atoms with Crippen molar-refractivity contribution in [1.29, 1.82) is 0 Å². The van der Waals surface area contributed by atoms with Gasteiger partial charge in [0.15, 0.2) is 0 Å². The van der Waals surface area contributed by atoms with Crippen LogP contribution in [0.3, 0.4) is 0 Å². The van der Waals surface area contributed by atoms with Crippen LogP contribution < -0.4 is 10.6 Å². The van der Waals surface area contributed by atoms with Gasteiger partial charge in [0.05, 0.1) is 18.6 Å². The van der Waals surface area contributed by atoms with E-state index in [-0.39, 0.29) is 24.8 Å². The summed E-state index contributed by atoms with van der Waals surface area (Å²) in [5.41, 5.74) is 1.88. The molecule has 2 amide bonds. The van der Waals surface area contributed by atoms with E-state index in [2.05, 4.69) is 10.6 Å². The minimum Gasteiger partial charge on any atom is -0.389 e. The summed E-state index contributed by atoms with van der Waals surface area (Å²) >= 11 is 0. The van der Waals surface area contributed by atoms with Crippen molar-refractivity contribution in [2.45, 2.75) is 51.6 Å². The molecule has 0 saturated heterocycles. The van der Waals surface area contributed by atoms with Crippen molar-refractivity contribution >= 4 is 17.5 Å². The summed E-state index contributed by atoms with van der Waals surface area (Å²) in [7, 11) is 0. The Labute approximate surface area is 131 Å². The van der Waals surface area contributed by atoms with Crippen molar-refractivity contribution < 1.29 is 14.7 Å². The third-order valence-electron chi connectivity index (χ3n) is 4.22. The molecule has 2 rings (SSSR count). The first-order valence-corrected chi connectivity index (χ1v) is 7.75. The first kappa shape index (κ1) is 16.5. The molecule has 0 atom stereocenters. The summed E-state index contributed by atoms with van der Waals surface area (Å²) in [6.07, 6.45) is 3.31. The van der Waals surface area contributed by atoms with Gasteiger partial charge >= 0.3 is 0 Å². The van der Waals surface area contributed by atoms with Crippen LogP contribution in [0.4, 0.5) is 5.69 Å². The summed E-state index contributed by atoms with van der Waals surface area (Å²) in [4.78, 5) is 23.8. The van der Waals surface area contributed by atoms with Crippen molar-refractivity contribution in [2.75, 3.05) is 11.9 Å². The van der Waals surface area contributed by atoms with Gasteiger partial charge in [-0.2, -0.15) is 0 Å². The van der Waals surface area contributed by atoms with Crippen LogP contribution in [0.1, 0.15) is 43.2 Å². The van der Waals surface area contributed by atoms with Crippen LogP contribution in [0.5, 0.6) is 0 Å². The molecule has 5 heteroatoms. The summed E-state index contributed by atoms with van der Waals surface area (Å²) < 4.78 is 0. The lowest BCUT2D eigenvalue weighted by Crippen LogP contribution is -2.38. The zero-order valence-electron chi connectivity index (χ0n) is 13.2. The minimum atomic E-state index is -0.882. The van der Waals surface area contributed by atoms with Crippen LogP contribution in [-0.4, -0.2) is 29.1 Å². The molecule has 3 N–H and O–H groups in total. The molecule has 1 aromatic carbocycles. The van der Waals surface area contributed by atoms with E-state index >= 15 is 0 Å². The van der Waals surface area contributed by atoms with Crippen molar-refractivity contribution in [3.8, 4) is 0 Å². The lowest BCUT2D eigenvalue weighted by atomic mass is 9.98. The molecule has 1 saturated carbocycles. The number of rotatable bonds is 5. The van der Waals surface area contributed by atoms with Crippen molar-refractivity contribution in [2.24, 2.45) is 0 Å². The second-order valence-corrected chi connectivity index (χ2v) is 6.20.